The highest BCUT2D eigenvalue weighted by Gasteiger charge is 2.14. The Hall–Kier alpha value is -1.99. The Bertz CT molecular complexity index is 620. The second-order valence-electron chi connectivity index (χ2n) is 3.29. The monoisotopic (exact) mass is 248 g/mol. The van der Waals surface area contributed by atoms with Crippen molar-refractivity contribution in [1.82, 2.24) is 4.98 Å². The zero-order valence-electron chi connectivity index (χ0n) is 9.32. The zero-order chi connectivity index (χ0) is 12.4. The van der Waals surface area contributed by atoms with Gasteiger partial charge >= 0.3 is 0 Å². The van der Waals surface area contributed by atoms with E-state index in [1.807, 2.05) is 6.07 Å². The molecule has 2 rings (SSSR count). The van der Waals surface area contributed by atoms with Crippen LogP contribution in [0.1, 0.15) is 5.56 Å². The highest BCUT2D eigenvalue weighted by molar-refractivity contribution is 6.37. The molecule has 0 spiro atoms. The van der Waals surface area contributed by atoms with E-state index < -0.39 is 0 Å². The van der Waals surface area contributed by atoms with E-state index in [1.54, 1.807) is 19.2 Å². The largest absolute Gasteiger partial charge is 0.496 e. The molecule has 4 nitrogen and oxygen atoms in total. The maximum Gasteiger partial charge on any atom is 0.145 e. The number of benzene rings is 1. The minimum atomic E-state index is 0.311. The molecule has 0 atom stereocenters. The first kappa shape index (κ1) is 11.5. The van der Waals surface area contributed by atoms with Gasteiger partial charge in [-0.2, -0.15) is 5.26 Å². The molecule has 86 valence electrons. The smallest absolute Gasteiger partial charge is 0.145 e. The number of methoxy groups -OCH3 is 2. The number of ether oxygens (including phenoxy) is 2. The molecule has 0 N–H and O–H groups in total. The van der Waals surface area contributed by atoms with E-state index in [2.05, 4.69) is 4.98 Å². The van der Waals surface area contributed by atoms with Crippen molar-refractivity contribution in [3.8, 4) is 17.6 Å². The third-order valence-electron chi connectivity index (χ3n) is 2.44. The van der Waals surface area contributed by atoms with Crippen LogP contribution < -0.4 is 9.47 Å². The van der Waals surface area contributed by atoms with Gasteiger partial charge in [-0.3, -0.25) is 4.98 Å². The lowest BCUT2D eigenvalue weighted by atomic mass is 10.1. The standard InChI is InChI=1S/C12H9ClN2O2/c1-16-8-3-4-9(17-2)12-10(8)11(13)7(5-14)6-15-12/h3-4,6H,1-2H3. The van der Waals surface area contributed by atoms with Gasteiger partial charge in [-0.25, -0.2) is 0 Å². The van der Waals surface area contributed by atoms with Crippen LogP contribution in [0.3, 0.4) is 0 Å². The first-order chi connectivity index (χ1) is 8.22. The average Bonchev–Trinajstić information content (AvgIpc) is 2.38. The van der Waals surface area contributed by atoms with Crippen molar-refractivity contribution in [3.63, 3.8) is 0 Å². The first-order valence-electron chi connectivity index (χ1n) is 4.82. The molecule has 1 heterocycles. The van der Waals surface area contributed by atoms with Crippen LogP contribution in [0.2, 0.25) is 5.02 Å². The van der Waals surface area contributed by atoms with E-state index in [4.69, 9.17) is 26.3 Å². The molecule has 0 saturated carbocycles. The number of rotatable bonds is 2. The van der Waals surface area contributed by atoms with E-state index in [9.17, 15) is 0 Å². The second kappa shape index (κ2) is 4.48. The van der Waals surface area contributed by atoms with Crippen LogP contribution in [0.15, 0.2) is 18.3 Å². The molecule has 0 aliphatic carbocycles. The minimum Gasteiger partial charge on any atom is -0.496 e. The Morgan fingerprint density at radius 1 is 1.24 bits per heavy atom. The SMILES string of the molecule is COc1ccc(OC)c2c(Cl)c(C#N)cnc12. The summed E-state index contributed by atoms with van der Waals surface area (Å²) in [6.07, 6.45) is 1.42. The summed E-state index contributed by atoms with van der Waals surface area (Å²) in [4.78, 5) is 4.18. The van der Waals surface area contributed by atoms with Crippen LogP contribution in [0, 0.1) is 11.3 Å². The Morgan fingerprint density at radius 3 is 2.47 bits per heavy atom. The number of fused-ring (bicyclic) bond motifs is 1. The van der Waals surface area contributed by atoms with Crippen molar-refractivity contribution < 1.29 is 9.47 Å². The third kappa shape index (κ3) is 1.75. The van der Waals surface area contributed by atoms with Gasteiger partial charge in [0.15, 0.2) is 0 Å². The number of aromatic nitrogens is 1. The van der Waals surface area contributed by atoms with Crippen LogP contribution in [0.5, 0.6) is 11.5 Å². The average molecular weight is 249 g/mol. The number of hydrogen-bond acceptors (Lipinski definition) is 4. The summed E-state index contributed by atoms with van der Waals surface area (Å²) in [5.74, 6) is 1.16. The Morgan fingerprint density at radius 2 is 1.88 bits per heavy atom. The van der Waals surface area contributed by atoms with Crippen molar-refractivity contribution in [3.05, 3.63) is 28.9 Å². The Balaban J connectivity index is 2.92. The minimum absolute atomic E-state index is 0.311. The molecular weight excluding hydrogens is 240 g/mol. The molecule has 0 unspecified atom stereocenters. The molecule has 0 fully saturated rings. The molecule has 1 aromatic heterocycles. The van der Waals surface area contributed by atoms with Crippen molar-refractivity contribution in [2.75, 3.05) is 14.2 Å². The lowest BCUT2D eigenvalue weighted by Crippen LogP contribution is -1.93. The summed E-state index contributed by atoms with van der Waals surface area (Å²) in [6.45, 7) is 0. The number of hydrogen-bond donors (Lipinski definition) is 0. The van der Waals surface area contributed by atoms with Crippen molar-refractivity contribution in [2.24, 2.45) is 0 Å². The van der Waals surface area contributed by atoms with Gasteiger partial charge < -0.3 is 9.47 Å². The molecule has 5 heteroatoms. The maximum atomic E-state index is 8.92. The molecule has 17 heavy (non-hydrogen) atoms. The molecular formula is C12H9ClN2O2. The molecule has 0 bridgehead atoms. The molecule has 0 aliphatic heterocycles. The van der Waals surface area contributed by atoms with Gasteiger partial charge in [-0.05, 0) is 12.1 Å². The quantitative estimate of drug-likeness (QED) is 0.820. The van der Waals surface area contributed by atoms with Gasteiger partial charge in [-0.15, -0.1) is 0 Å². The number of nitrogens with zero attached hydrogens (tertiary/aromatic N) is 2. The summed E-state index contributed by atoms with van der Waals surface area (Å²) in [5.41, 5.74) is 0.890. The number of pyridine rings is 1. The Kier molecular flexibility index (Phi) is 3.03. The highest BCUT2D eigenvalue weighted by Crippen LogP contribution is 2.37. The van der Waals surface area contributed by atoms with Gasteiger partial charge in [0, 0.05) is 6.20 Å². The van der Waals surface area contributed by atoms with E-state index in [0.717, 1.165) is 0 Å². The molecule has 0 radical (unpaired) electrons. The predicted octanol–water partition coefficient (Wildman–Crippen LogP) is 2.78. The van der Waals surface area contributed by atoms with Crippen LogP contribution in [-0.4, -0.2) is 19.2 Å². The second-order valence-corrected chi connectivity index (χ2v) is 3.67. The molecule has 0 aliphatic rings. The summed E-state index contributed by atoms with van der Waals surface area (Å²) in [7, 11) is 3.09. The van der Waals surface area contributed by atoms with E-state index in [1.165, 1.54) is 13.3 Å². The van der Waals surface area contributed by atoms with Crippen LogP contribution in [0.25, 0.3) is 10.9 Å². The summed E-state index contributed by atoms with van der Waals surface area (Å²) >= 11 is 6.16. The molecule has 0 amide bonds. The highest BCUT2D eigenvalue weighted by atomic mass is 35.5. The fourth-order valence-electron chi connectivity index (χ4n) is 1.63. The lowest BCUT2D eigenvalue weighted by molar-refractivity contribution is 0.410. The van der Waals surface area contributed by atoms with Gasteiger partial charge in [0.1, 0.15) is 23.1 Å². The first-order valence-corrected chi connectivity index (χ1v) is 5.20. The fraction of sp³-hybridized carbons (Fsp3) is 0.167. The number of nitriles is 1. The summed E-state index contributed by atoms with van der Waals surface area (Å²) < 4.78 is 10.4. The van der Waals surface area contributed by atoms with Gasteiger partial charge in [0.25, 0.3) is 0 Å². The summed E-state index contributed by atoms with van der Waals surface area (Å²) in [6, 6.07) is 5.46. The topological polar surface area (TPSA) is 55.1 Å². The van der Waals surface area contributed by atoms with Gasteiger partial charge in [-0.1, -0.05) is 11.6 Å². The van der Waals surface area contributed by atoms with Crippen molar-refractivity contribution in [1.29, 1.82) is 5.26 Å². The van der Waals surface area contributed by atoms with Crippen LogP contribution in [-0.2, 0) is 0 Å². The van der Waals surface area contributed by atoms with Crippen LogP contribution in [0.4, 0.5) is 0 Å². The number of halogens is 1. The maximum absolute atomic E-state index is 8.92. The normalized spacial score (nSPS) is 10.0. The Labute approximate surface area is 103 Å². The molecule has 0 saturated heterocycles. The lowest BCUT2D eigenvalue weighted by Gasteiger charge is -2.10. The van der Waals surface area contributed by atoms with E-state index >= 15 is 0 Å². The van der Waals surface area contributed by atoms with Crippen molar-refractivity contribution in [2.45, 2.75) is 0 Å². The van der Waals surface area contributed by atoms with Crippen LogP contribution >= 0.6 is 11.6 Å². The molecule has 1 aromatic carbocycles. The zero-order valence-corrected chi connectivity index (χ0v) is 10.1. The van der Waals surface area contributed by atoms with Gasteiger partial charge in [0.05, 0.1) is 30.2 Å². The molecule has 2 aromatic rings. The van der Waals surface area contributed by atoms with Crippen molar-refractivity contribution >= 4 is 22.5 Å². The van der Waals surface area contributed by atoms with Gasteiger partial charge in [0.2, 0.25) is 0 Å². The van der Waals surface area contributed by atoms with E-state index in [-0.39, 0.29) is 0 Å². The fourth-order valence-corrected chi connectivity index (χ4v) is 1.90. The van der Waals surface area contributed by atoms with E-state index in [0.29, 0.717) is 33.0 Å². The third-order valence-corrected chi connectivity index (χ3v) is 2.83. The predicted molar refractivity (Wildman–Crippen MR) is 64.6 cm³/mol. The summed E-state index contributed by atoms with van der Waals surface area (Å²) in [5, 5.41) is 9.84.